The van der Waals surface area contributed by atoms with Crippen molar-refractivity contribution in [2.45, 2.75) is 6.42 Å². The van der Waals surface area contributed by atoms with Crippen LogP contribution in [0, 0.1) is 0 Å². The molecule has 3 rings (SSSR count). The van der Waals surface area contributed by atoms with Gasteiger partial charge in [0.05, 0.1) is 13.1 Å². The van der Waals surface area contributed by atoms with Crippen LogP contribution in [0.2, 0.25) is 0 Å². The minimum Gasteiger partial charge on any atom is -0.356 e. The number of hydrogen-bond acceptors (Lipinski definition) is 6. The molecule has 5 nitrogen and oxygen atoms in total. The van der Waals surface area contributed by atoms with Crippen LogP contribution in [-0.2, 0) is 6.42 Å². The van der Waals surface area contributed by atoms with Gasteiger partial charge in [0.15, 0.2) is 11.1 Å². The van der Waals surface area contributed by atoms with Crippen molar-refractivity contribution in [2.24, 2.45) is 9.98 Å². The second-order valence-electron chi connectivity index (χ2n) is 4.69. The van der Waals surface area contributed by atoms with Crippen LogP contribution in [-0.4, -0.2) is 43.1 Å². The summed E-state index contributed by atoms with van der Waals surface area (Å²) < 4.78 is 0. The fourth-order valence-corrected chi connectivity index (χ4v) is 2.88. The lowest BCUT2D eigenvalue weighted by atomic mass is 10.1. The molecule has 1 aromatic carbocycles. The van der Waals surface area contributed by atoms with Crippen LogP contribution in [0.15, 0.2) is 34.3 Å². The standard InChI is InChI=1S/C14H19N5S/c1-3-12(19-14-18-9-10-20-14)4-2-11(1)5-6-15-13-16-7-8-17-13/h1-4H,5-10H2,(H,18,19)(H2,15,16,17). The highest BCUT2D eigenvalue weighted by Gasteiger charge is 2.07. The summed E-state index contributed by atoms with van der Waals surface area (Å²) in [6.07, 6.45) is 0.997. The number of anilines is 1. The van der Waals surface area contributed by atoms with Crippen LogP contribution in [0.4, 0.5) is 5.69 Å². The Morgan fingerprint density at radius 1 is 1.15 bits per heavy atom. The van der Waals surface area contributed by atoms with E-state index in [-0.39, 0.29) is 0 Å². The Kier molecular flexibility index (Phi) is 4.42. The molecular formula is C14H19N5S. The van der Waals surface area contributed by atoms with Crippen molar-refractivity contribution in [2.75, 3.05) is 37.2 Å². The Hall–Kier alpha value is -1.69. The number of amidine groups is 1. The highest BCUT2D eigenvalue weighted by Crippen LogP contribution is 2.16. The molecule has 2 heterocycles. The molecule has 20 heavy (non-hydrogen) atoms. The average molecular weight is 289 g/mol. The highest BCUT2D eigenvalue weighted by molar-refractivity contribution is 8.14. The first-order valence-electron chi connectivity index (χ1n) is 6.95. The monoisotopic (exact) mass is 289 g/mol. The van der Waals surface area contributed by atoms with Gasteiger partial charge in [-0.2, -0.15) is 0 Å². The number of rotatable bonds is 4. The smallest absolute Gasteiger partial charge is 0.191 e. The van der Waals surface area contributed by atoms with E-state index in [0.29, 0.717) is 0 Å². The molecule has 0 amide bonds. The van der Waals surface area contributed by atoms with Crippen LogP contribution in [0.5, 0.6) is 0 Å². The van der Waals surface area contributed by atoms with Crippen LogP contribution in [0.25, 0.3) is 0 Å². The zero-order valence-electron chi connectivity index (χ0n) is 11.4. The first kappa shape index (κ1) is 13.3. The van der Waals surface area contributed by atoms with Crippen molar-refractivity contribution < 1.29 is 0 Å². The van der Waals surface area contributed by atoms with E-state index >= 15 is 0 Å². The molecule has 0 radical (unpaired) electrons. The zero-order chi connectivity index (χ0) is 13.6. The molecule has 0 aromatic heterocycles. The molecule has 2 aliphatic heterocycles. The molecule has 6 heteroatoms. The second kappa shape index (κ2) is 6.65. The van der Waals surface area contributed by atoms with Gasteiger partial charge in [-0.05, 0) is 24.1 Å². The SMILES string of the molecule is c1cc(NC2=NCCS2)ccc1CCNC1=NCCN1. The molecule has 0 fully saturated rings. The van der Waals surface area contributed by atoms with E-state index in [1.54, 1.807) is 11.8 Å². The van der Waals surface area contributed by atoms with Crippen LogP contribution in [0.1, 0.15) is 5.56 Å². The Morgan fingerprint density at radius 3 is 2.75 bits per heavy atom. The maximum absolute atomic E-state index is 4.39. The predicted octanol–water partition coefficient (Wildman–Crippen LogP) is 1.29. The van der Waals surface area contributed by atoms with Gasteiger partial charge in [0.2, 0.25) is 0 Å². The second-order valence-corrected chi connectivity index (χ2v) is 5.77. The summed E-state index contributed by atoms with van der Waals surface area (Å²) in [5.74, 6) is 2.02. The molecule has 0 atom stereocenters. The lowest BCUT2D eigenvalue weighted by Crippen LogP contribution is -2.34. The Bertz CT molecular complexity index is 509. The van der Waals surface area contributed by atoms with Gasteiger partial charge in [0.25, 0.3) is 0 Å². The fraction of sp³-hybridized carbons (Fsp3) is 0.429. The molecule has 0 saturated heterocycles. The molecule has 1 aromatic rings. The molecule has 0 unspecified atom stereocenters. The van der Waals surface area contributed by atoms with E-state index in [1.807, 2.05) is 0 Å². The molecule has 106 valence electrons. The third kappa shape index (κ3) is 3.66. The summed E-state index contributed by atoms with van der Waals surface area (Å²) in [4.78, 5) is 8.69. The Labute approximate surface area is 123 Å². The molecular weight excluding hydrogens is 270 g/mol. The number of guanidine groups is 1. The lowest BCUT2D eigenvalue weighted by molar-refractivity contribution is 0.837. The minimum atomic E-state index is 0.880. The third-order valence-corrected chi connectivity index (χ3v) is 4.06. The largest absolute Gasteiger partial charge is 0.356 e. The van der Waals surface area contributed by atoms with Gasteiger partial charge >= 0.3 is 0 Å². The van der Waals surface area contributed by atoms with Crippen LogP contribution < -0.4 is 16.0 Å². The fourth-order valence-electron chi connectivity index (χ4n) is 2.13. The maximum atomic E-state index is 4.39. The van der Waals surface area contributed by atoms with Gasteiger partial charge < -0.3 is 16.0 Å². The number of nitrogens with zero attached hydrogens (tertiary/aromatic N) is 2. The first-order valence-corrected chi connectivity index (χ1v) is 7.94. The molecule has 0 saturated carbocycles. The van der Waals surface area contributed by atoms with Gasteiger partial charge in [-0.15, -0.1) is 0 Å². The quantitative estimate of drug-likeness (QED) is 0.782. The first-order chi connectivity index (χ1) is 9.90. The van der Waals surface area contributed by atoms with E-state index < -0.39 is 0 Å². The number of hydrogen-bond donors (Lipinski definition) is 3. The topological polar surface area (TPSA) is 60.8 Å². The van der Waals surface area contributed by atoms with Gasteiger partial charge in [-0.25, -0.2) is 0 Å². The highest BCUT2D eigenvalue weighted by atomic mass is 32.2. The lowest BCUT2D eigenvalue weighted by Gasteiger charge is -2.08. The molecule has 2 aliphatic rings. The van der Waals surface area contributed by atoms with E-state index in [0.717, 1.165) is 55.2 Å². The van der Waals surface area contributed by atoms with Gasteiger partial charge in [0, 0.05) is 24.5 Å². The summed E-state index contributed by atoms with van der Waals surface area (Å²) in [6, 6.07) is 8.55. The summed E-state index contributed by atoms with van der Waals surface area (Å²) in [7, 11) is 0. The van der Waals surface area contributed by atoms with Gasteiger partial charge in [-0.1, -0.05) is 23.9 Å². The summed E-state index contributed by atoms with van der Waals surface area (Å²) in [5.41, 5.74) is 2.43. The summed E-state index contributed by atoms with van der Waals surface area (Å²) >= 11 is 1.78. The predicted molar refractivity (Wildman–Crippen MR) is 86.8 cm³/mol. The molecule has 0 bridgehead atoms. The van der Waals surface area contributed by atoms with Crippen LogP contribution in [0.3, 0.4) is 0 Å². The van der Waals surface area contributed by atoms with Crippen molar-refractivity contribution >= 4 is 28.6 Å². The van der Waals surface area contributed by atoms with Gasteiger partial charge in [-0.3, -0.25) is 9.98 Å². The summed E-state index contributed by atoms with van der Waals surface area (Å²) in [6.45, 7) is 3.66. The van der Waals surface area contributed by atoms with Crippen molar-refractivity contribution in [3.8, 4) is 0 Å². The Balaban J connectivity index is 1.45. The molecule has 0 spiro atoms. The number of benzene rings is 1. The Morgan fingerprint density at radius 2 is 2.05 bits per heavy atom. The number of nitrogens with one attached hydrogen (secondary N) is 3. The van der Waals surface area contributed by atoms with Crippen molar-refractivity contribution in [3.05, 3.63) is 29.8 Å². The van der Waals surface area contributed by atoms with E-state index in [2.05, 4.69) is 50.2 Å². The van der Waals surface area contributed by atoms with Crippen molar-refractivity contribution in [1.82, 2.24) is 10.6 Å². The molecule has 3 N–H and O–H groups in total. The van der Waals surface area contributed by atoms with E-state index in [1.165, 1.54) is 5.56 Å². The van der Waals surface area contributed by atoms with E-state index in [9.17, 15) is 0 Å². The van der Waals surface area contributed by atoms with Gasteiger partial charge in [0.1, 0.15) is 0 Å². The number of thioether (sulfide) groups is 1. The van der Waals surface area contributed by atoms with Crippen LogP contribution >= 0.6 is 11.8 Å². The third-order valence-electron chi connectivity index (χ3n) is 3.17. The summed E-state index contributed by atoms with van der Waals surface area (Å²) in [5, 5.41) is 10.9. The van der Waals surface area contributed by atoms with E-state index in [4.69, 9.17) is 0 Å². The van der Waals surface area contributed by atoms with Crippen molar-refractivity contribution in [1.29, 1.82) is 0 Å². The average Bonchev–Trinajstić information content (AvgIpc) is 3.14. The maximum Gasteiger partial charge on any atom is 0.191 e. The normalized spacial score (nSPS) is 17.4. The zero-order valence-corrected chi connectivity index (χ0v) is 12.2. The van der Waals surface area contributed by atoms with Crippen molar-refractivity contribution in [3.63, 3.8) is 0 Å². The molecule has 0 aliphatic carbocycles. The number of aliphatic imine (C=N–C) groups is 2. The minimum absolute atomic E-state index is 0.880.